The van der Waals surface area contributed by atoms with Crippen LogP contribution in [0.25, 0.3) is 16.4 Å². The summed E-state index contributed by atoms with van der Waals surface area (Å²) in [5.74, 6) is -0.683. The average Bonchev–Trinajstić information content (AvgIpc) is 3.25. The molecule has 4 aromatic rings. The van der Waals surface area contributed by atoms with E-state index < -0.39 is 17.5 Å². The van der Waals surface area contributed by atoms with Crippen molar-refractivity contribution >= 4 is 28.3 Å². The second kappa shape index (κ2) is 8.66. The van der Waals surface area contributed by atoms with Crippen LogP contribution in [0.15, 0.2) is 60.9 Å². The van der Waals surface area contributed by atoms with Crippen LogP contribution in [0.4, 0.5) is 0 Å². The number of benzene rings is 2. The van der Waals surface area contributed by atoms with E-state index in [0.717, 1.165) is 16.3 Å². The van der Waals surface area contributed by atoms with Crippen LogP contribution in [0.5, 0.6) is 5.75 Å². The molecule has 8 nitrogen and oxygen atoms in total. The van der Waals surface area contributed by atoms with E-state index in [9.17, 15) is 9.59 Å². The average molecular weight is 432 g/mol. The molecule has 0 aliphatic heterocycles. The first-order valence-corrected chi connectivity index (χ1v) is 10.2. The van der Waals surface area contributed by atoms with Crippen molar-refractivity contribution in [2.24, 2.45) is 0 Å². The van der Waals surface area contributed by atoms with Crippen molar-refractivity contribution in [2.45, 2.75) is 33.0 Å². The van der Waals surface area contributed by atoms with Crippen molar-refractivity contribution < 1.29 is 19.1 Å². The number of rotatable bonds is 6. The summed E-state index contributed by atoms with van der Waals surface area (Å²) in [5, 5.41) is 8.40. The number of aromatic nitrogens is 3. The summed E-state index contributed by atoms with van der Waals surface area (Å²) >= 11 is 0. The third-order valence-electron chi connectivity index (χ3n) is 4.64. The number of amides is 1. The van der Waals surface area contributed by atoms with Gasteiger partial charge in [0.25, 0.3) is 5.91 Å². The van der Waals surface area contributed by atoms with Crippen LogP contribution in [0.3, 0.4) is 0 Å². The molecule has 0 atom stereocenters. The maximum absolute atomic E-state index is 13.2. The van der Waals surface area contributed by atoms with E-state index in [1.807, 2.05) is 54.6 Å². The summed E-state index contributed by atoms with van der Waals surface area (Å²) in [5.41, 5.74) is 0.995. The molecule has 32 heavy (non-hydrogen) atoms. The van der Waals surface area contributed by atoms with Gasteiger partial charge in [-0.15, -0.1) is 0 Å². The van der Waals surface area contributed by atoms with E-state index in [4.69, 9.17) is 9.47 Å². The zero-order valence-corrected chi connectivity index (χ0v) is 18.2. The highest BCUT2D eigenvalue weighted by atomic mass is 16.6. The van der Waals surface area contributed by atoms with Gasteiger partial charge in [-0.2, -0.15) is 5.10 Å². The fraction of sp³-hybridized carbons (Fsp3) is 0.250. The van der Waals surface area contributed by atoms with Crippen LogP contribution in [0, 0.1) is 0 Å². The molecule has 1 N–H and O–H groups in total. The predicted molar refractivity (Wildman–Crippen MR) is 119 cm³/mol. The summed E-state index contributed by atoms with van der Waals surface area (Å²) < 4.78 is 12.9. The molecule has 0 fully saturated rings. The molecule has 2 heterocycles. The summed E-state index contributed by atoms with van der Waals surface area (Å²) in [6, 6.07) is 17.2. The Bertz CT molecular complexity index is 1280. The summed E-state index contributed by atoms with van der Waals surface area (Å²) in [4.78, 5) is 29.6. The smallest absolute Gasteiger partial charge is 0.325 e. The quantitative estimate of drug-likeness (QED) is 0.469. The highest BCUT2D eigenvalue weighted by Gasteiger charge is 2.24. The van der Waals surface area contributed by atoms with Gasteiger partial charge in [-0.1, -0.05) is 54.6 Å². The van der Waals surface area contributed by atoms with Gasteiger partial charge in [-0.3, -0.25) is 9.59 Å². The Hall–Kier alpha value is -3.94. The number of hydrogen-bond acceptors (Lipinski definition) is 6. The zero-order chi connectivity index (χ0) is 22.7. The molecule has 0 unspecified atom stereocenters. The molecule has 0 aliphatic carbocycles. The minimum Gasteiger partial charge on any atom is -0.486 e. The Morgan fingerprint density at radius 2 is 1.69 bits per heavy atom. The van der Waals surface area contributed by atoms with E-state index in [1.165, 1.54) is 10.8 Å². The van der Waals surface area contributed by atoms with E-state index in [0.29, 0.717) is 11.4 Å². The highest BCUT2D eigenvalue weighted by molar-refractivity contribution is 6.07. The fourth-order valence-corrected chi connectivity index (χ4v) is 3.38. The normalized spacial score (nSPS) is 11.5. The molecule has 0 saturated heterocycles. The van der Waals surface area contributed by atoms with Crippen molar-refractivity contribution in [2.75, 3.05) is 6.54 Å². The molecule has 0 aliphatic rings. The minimum absolute atomic E-state index is 0.163. The first-order chi connectivity index (χ1) is 15.3. The molecule has 1 amide bonds. The summed E-state index contributed by atoms with van der Waals surface area (Å²) in [7, 11) is 0. The monoisotopic (exact) mass is 432 g/mol. The lowest BCUT2D eigenvalue weighted by molar-refractivity contribution is -0.153. The van der Waals surface area contributed by atoms with Crippen LogP contribution >= 0.6 is 0 Å². The molecule has 2 aromatic carbocycles. The first kappa shape index (κ1) is 21.3. The molecule has 164 valence electrons. The van der Waals surface area contributed by atoms with Crippen molar-refractivity contribution in [1.29, 1.82) is 0 Å². The third-order valence-corrected chi connectivity index (χ3v) is 4.64. The van der Waals surface area contributed by atoms with Crippen LogP contribution in [0.2, 0.25) is 0 Å². The number of fused-ring (bicyclic) bond motifs is 3. The summed E-state index contributed by atoms with van der Waals surface area (Å²) in [6.07, 6.45) is 1.38. The van der Waals surface area contributed by atoms with Crippen molar-refractivity contribution in [3.63, 3.8) is 0 Å². The van der Waals surface area contributed by atoms with E-state index in [2.05, 4.69) is 15.4 Å². The van der Waals surface area contributed by atoms with Crippen molar-refractivity contribution in [3.8, 4) is 5.75 Å². The maximum atomic E-state index is 13.2. The molecule has 8 heteroatoms. The van der Waals surface area contributed by atoms with Gasteiger partial charge in [-0.25, -0.2) is 9.50 Å². The molecule has 0 spiro atoms. The largest absolute Gasteiger partial charge is 0.486 e. The van der Waals surface area contributed by atoms with Gasteiger partial charge in [0.15, 0.2) is 17.1 Å². The van der Waals surface area contributed by atoms with Crippen LogP contribution in [-0.2, 0) is 16.1 Å². The number of pyridine rings is 1. The molecule has 4 rings (SSSR count). The highest BCUT2D eigenvalue weighted by Crippen LogP contribution is 2.33. The lowest BCUT2D eigenvalue weighted by Gasteiger charge is -2.20. The summed E-state index contributed by atoms with van der Waals surface area (Å²) in [6.45, 7) is 5.29. The molecule has 2 aromatic heterocycles. The van der Waals surface area contributed by atoms with Gasteiger partial charge in [0.1, 0.15) is 25.1 Å². The maximum Gasteiger partial charge on any atom is 0.325 e. The van der Waals surface area contributed by atoms with E-state index in [1.54, 1.807) is 20.8 Å². The number of hydrogen-bond donors (Lipinski definition) is 1. The number of nitrogens with zero attached hydrogens (tertiary/aromatic N) is 3. The number of carbonyl (C=O) groups excluding carboxylic acids is 2. The Labute approximate surface area is 185 Å². The first-order valence-electron chi connectivity index (χ1n) is 10.2. The van der Waals surface area contributed by atoms with E-state index >= 15 is 0 Å². The van der Waals surface area contributed by atoms with Gasteiger partial charge < -0.3 is 14.8 Å². The van der Waals surface area contributed by atoms with Gasteiger partial charge in [0, 0.05) is 10.8 Å². The second-order valence-corrected chi connectivity index (χ2v) is 8.26. The predicted octanol–water partition coefficient (Wildman–Crippen LogP) is 3.53. The Balaban J connectivity index is 1.73. The van der Waals surface area contributed by atoms with Crippen molar-refractivity contribution in [3.05, 3.63) is 72.2 Å². The third kappa shape index (κ3) is 4.54. The Morgan fingerprint density at radius 1 is 1.00 bits per heavy atom. The SMILES string of the molecule is CC(C)(C)OC(=O)CNC(=O)c1c(OCc2ccccc2)c2ccccc2c2ncnn12. The number of carbonyl (C=O) groups is 2. The van der Waals surface area contributed by atoms with E-state index in [-0.39, 0.29) is 18.8 Å². The Morgan fingerprint density at radius 3 is 2.41 bits per heavy atom. The van der Waals surface area contributed by atoms with Crippen LogP contribution in [-0.4, -0.2) is 38.6 Å². The standard InChI is InChI=1S/C24H24N4O4/c1-24(2,3)32-19(29)13-25-23(30)20-21(31-14-16-9-5-4-6-10-16)17-11-7-8-12-18(17)22-26-15-27-28(20)22/h4-12,15H,13-14H2,1-3H3,(H,25,30). The molecule has 0 radical (unpaired) electrons. The molecule has 0 saturated carbocycles. The van der Waals surface area contributed by atoms with Gasteiger partial charge in [0.2, 0.25) is 0 Å². The van der Waals surface area contributed by atoms with Crippen LogP contribution in [0.1, 0.15) is 36.8 Å². The molecular weight excluding hydrogens is 408 g/mol. The zero-order valence-electron chi connectivity index (χ0n) is 18.2. The molecule has 0 bridgehead atoms. The number of esters is 1. The number of ether oxygens (including phenoxy) is 2. The second-order valence-electron chi connectivity index (χ2n) is 8.26. The van der Waals surface area contributed by atoms with Gasteiger partial charge >= 0.3 is 5.97 Å². The van der Waals surface area contributed by atoms with Crippen LogP contribution < -0.4 is 10.1 Å². The van der Waals surface area contributed by atoms with Crippen molar-refractivity contribution in [1.82, 2.24) is 19.9 Å². The number of nitrogens with one attached hydrogen (secondary N) is 1. The van der Waals surface area contributed by atoms with Gasteiger partial charge in [-0.05, 0) is 26.3 Å². The topological polar surface area (TPSA) is 94.8 Å². The lowest BCUT2D eigenvalue weighted by atomic mass is 10.1. The minimum atomic E-state index is -0.645. The Kier molecular flexibility index (Phi) is 5.77. The lowest BCUT2D eigenvalue weighted by Crippen LogP contribution is -2.35. The fourth-order valence-electron chi connectivity index (χ4n) is 3.38. The molecular formula is C24H24N4O4. The van der Waals surface area contributed by atoms with Gasteiger partial charge in [0.05, 0.1) is 0 Å².